The van der Waals surface area contributed by atoms with Crippen molar-refractivity contribution in [3.8, 4) is 0 Å². The maximum absolute atomic E-state index is 12.9. The van der Waals surface area contributed by atoms with Crippen LogP contribution in [0.4, 0.5) is 10.1 Å². The van der Waals surface area contributed by atoms with E-state index in [0.29, 0.717) is 19.4 Å². The zero-order chi connectivity index (χ0) is 13.7. The Morgan fingerprint density at radius 1 is 1.29 bits per heavy atom. The maximum atomic E-state index is 12.9. The van der Waals surface area contributed by atoms with Gasteiger partial charge in [-0.2, -0.15) is 0 Å². The molecule has 0 unspecified atom stereocenters. The molecule has 1 fully saturated rings. The van der Waals surface area contributed by atoms with Gasteiger partial charge in [-0.25, -0.2) is 9.18 Å². The van der Waals surface area contributed by atoms with Gasteiger partial charge in [-0.3, -0.25) is 0 Å². The number of rotatable bonds is 4. The zero-order valence-electron chi connectivity index (χ0n) is 11.9. The third kappa shape index (κ3) is 5.02. The van der Waals surface area contributed by atoms with E-state index in [9.17, 15) is 9.18 Å². The van der Waals surface area contributed by atoms with Gasteiger partial charge in [0.25, 0.3) is 0 Å². The van der Waals surface area contributed by atoms with Gasteiger partial charge < -0.3 is 15.4 Å². The molecule has 120 valence electrons. The number of carbonyl (C=O) groups is 1. The summed E-state index contributed by atoms with van der Waals surface area (Å²) in [6, 6.07) is 6.03. The van der Waals surface area contributed by atoms with Crippen molar-refractivity contribution in [2.75, 3.05) is 25.0 Å². The molecule has 7 heteroatoms. The molecule has 4 nitrogen and oxygen atoms in total. The van der Waals surface area contributed by atoms with E-state index in [2.05, 4.69) is 10.6 Å². The molecule has 1 aliphatic heterocycles. The minimum Gasteiger partial charge on any atom is -0.464 e. The summed E-state index contributed by atoms with van der Waals surface area (Å²) in [4.78, 5) is 12.2. The molecule has 2 rings (SSSR count). The van der Waals surface area contributed by atoms with Crippen LogP contribution >= 0.6 is 24.8 Å². The Bertz CT molecular complexity index is 437. The highest BCUT2D eigenvalue weighted by Crippen LogP contribution is 2.26. The highest BCUT2D eigenvalue weighted by atomic mass is 35.5. The number of hydrogen-bond acceptors (Lipinski definition) is 4. The van der Waals surface area contributed by atoms with E-state index in [1.54, 1.807) is 19.1 Å². The van der Waals surface area contributed by atoms with Gasteiger partial charge in [0.1, 0.15) is 11.4 Å². The van der Waals surface area contributed by atoms with E-state index < -0.39 is 5.54 Å². The molecule has 0 radical (unpaired) electrons. The van der Waals surface area contributed by atoms with Crippen molar-refractivity contribution in [1.29, 1.82) is 0 Å². The minimum atomic E-state index is -0.709. The molecule has 0 amide bonds. The number of halogens is 3. The molecule has 1 heterocycles. The summed E-state index contributed by atoms with van der Waals surface area (Å²) in [6.45, 7) is 3.67. The van der Waals surface area contributed by atoms with Crippen LogP contribution in [0.5, 0.6) is 0 Å². The van der Waals surface area contributed by atoms with Gasteiger partial charge in [-0.1, -0.05) is 0 Å². The molecule has 1 aliphatic rings. The lowest BCUT2D eigenvalue weighted by atomic mass is 9.88. The van der Waals surface area contributed by atoms with Crippen molar-refractivity contribution in [3.63, 3.8) is 0 Å². The number of anilines is 1. The van der Waals surface area contributed by atoms with E-state index in [0.717, 1.165) is 18.8 Å². The molecule has 2 N–H and O–H groups in total. The smallest absolute Gasteiger partial charge is 0.331 e. The number of piperidine rings is 1. The van der Waals surface area contributed by atoms with Crippen LogP contribution in [0.2, 0.25) is 0 Å². The summed E-state index contributed by atoms with van der Waals surface area (Å²) >= 11 is 0. The predicted octanol–water partition coefficient (Wildman–Crippen LogP) is 2.77. The Kier molecular flexibility index (Phi) is 8.63. The first-order chi connectivity index (χ1) is 9.16. The van der Waals surface area contributed by atoms with Crippen LogP contribution in [-0.2, 0) is 9.53 Å². The molecule has 0 atom stereocenters. The average molecular weight is 339 g/mol. The van der Waals surface area contributed by atoms with Gasteiger partial charge in [-0.15, -0.1) is 24.8 Å². The quantitative estimate of drug-likeness (QED) is 0.829. The summed E-state index contributed by atoms with van der Waals surface area (Å²) in [5, 5.41) is 6.45. The SMILES string of the molecule is CCOC(=O)C1(Nc2ccc(F)cc2)CCNCC1.Cl.Cl. The molecular formula is C14H21Cl2FN2O2. The third-order valence-corrected chi connectivity index (χ3v) is 3.35. The largest absolute Gasteiger partial charge is 0.464 e. The molecule has 0 saturated carbocycles. The fourth-order valence-corrected chi connectivity index (χ4v) is 2.31. The summed E-state index contributed by atoms with van der Waals surface area (Å²) < 4.78 is 18.1. The van der Waals surface area contributed by atoms with Gasteiger partial charge >= 0.3 is 5.97 Å². The Hall–Kier alpha value is -1.04. The summed E-state index contributed by atoms with van der Waals surface area (Å²) in [5.41, 5.74) is 0.0235. The first-order valence-corrected chi connectivity index (χ1v) is 6.58. The first kappa shape index (κ1) is 20.0. The van der Waals surface area contributed by atoms with Gasteiger partial charge in [0.2, 0.25) is 0 Å². The number of hydrogen-bond donors (Lipinski definition) is 2. The van der Waals surface area contributed by atoms with Crippen molar-refractivity contribution in [2.24, 2.45) is 0 Å². The fourth-order valence-electron chi connectivity index (χ4n) is 2.31. The molecule has 0 aromatic heterocycles. The normalized spacial score (nSPS) is 16.1. The monoisotopic (exact) mass is 338 g/mol. The Balaban J connectivity index is 0.00000200. The lowest BCUT2D eigenvalue weighted by Crippen LogP contribution is -2.54. The van der Waals surface area contributed by atoms with Crippen molar-refractivity contribution < 1.29 is 13.9 Å². The van der Waals surface area contributed by atoms with E-state index in [-0.39, 0.29) is 36.6 Å². The van der Waals surface area contributed by atoms with Crippen LogP contribution in [0.15, 0.2) is 24.3 Å². The lowest BCUT2D eigenvalue weighted by Gasteiger charge is -2.36. The topological polar surface area (TPSA) is 50.4 Å². The van der Waals surface area contributed by atoms with Crippen LogP contribution in [0.3, 0.4) is 0 Å². The second-order valence-corrected chi connectivity index (χ2v) is 4.68. The number of benzene rings is 1. The van der Waals surface area contributed by atoms with Crippen molar-refractivity contribution in [1.82, 2.24) is 5.32 Å². The predicted molar refractivity (Wildman–Crippen MR) is 86.0 cm³/mol. The van der Waals surface area contributed by atoms with Crippen molar-refractivity contribution in [2.45, 2.75) is 25.3 Å². The Morgan fingerprint density at radius 3 is 2.38 bits per heavy atom. The average Bonchev–Trinajstić information content (AvgIpc) is 2.43. The molecule has 0 bridgehead atoms. The molecule has 0 spiro atoms. The van der Waals surface area contributed by atoms with E-state index in [4.69, 9.17) is 4.74 Å². The molecule has 0 aliphatic carbocycles. The molecule has 1 saturated heterocycles. The van der Waals surface area contributed by atoms with E-state index in [1.807, 2.05) is 0 Å². The zero-order valence-corrected chi connectivity index (χ0v) is 13.5. The van der Waals surface area contributed by atoms with Crippen molar-refractivity contribution in [3.05, 3.63) is 30.1 Å². The van der Waals surface area contributed by atoms with Crippen LogP contribution in [-0.4, -0.2) is 31.2 Å². The number of ether oxygens (including phenoxy) is 1. The number of nitrogens with one attached hydrogen (secondary N) is 2. The summed E-state index contributed by atoms with van der Waals surface area (Å²) in [5.74, 6) is -0.526. The summed E-state index contributed by atoms with van der Waals surface area (Å²) in [6.07, 6.45) is 1.31. The highest BCUT2D eigenvalue weighted by molar-refractivity contribution is 5.86. The summed E-state index contributed by atoms with van der Waals surface area (Å²) in [7, 11) is 0. The Labute approximate surface area is 136 Å². The lowest BCUT2D eigenvalue weighted by molar-refractivity contribution is -0.149. The maximum Gasteiger partial charge on any atom is 0.331 e. The number of esters is 1. The van der Waals surface area contributed by atoms with Crippen molar-refractivity contribution >= 4 is 36.5 Å². The van der Waals surface area contributed by atoms with Crippen LogP contribution in [0.25, 0.3) is 0 Å². The molecule has 1 aromatic rings. The Morgan fingerprint density at radius 2 is 1.86 bits per heavy atom. The number of carbonyl (C=O) groups excluding carboxylic acids is 1. The van der Waals surface area contributed by atoms with Gasteiger partial charge in [-0.05, 0) is 57.1 Å². The molecule has 21 heavy (non-hydrogen) atoms. The molecule has 1 aromatic carbocycles. The van der Waals surface area contributed by atoms with Crippen LogP contribution in [0.1, 0.15) is 19.8 Å². The van der Waals surface area contributed by atoms with Gasteiger partial charge in [0.15, 0.2) is 0 Å². The standard InChI is InChI=1S/C14H19FN2O2.2ClH/c1-2-19-13(18)14(7-9-16-10-8-14)17-12-5-3-11(15)4-6-12;;/h3-6,16-17H,2,7-10H2,1H3;2*1H. The minimum absolute atomic E-state index is 0. The molecular weight excluding hydrogens is 318 g/mol. The fraction of sp³-hybridized carbons (Fsp3) is 0.500. The van der Waals surface area contributed by atoms with Gasteiger partial charge in [0.05, 0.1) is 6.61 Å². The second-order valence-electron chi connectivity index (χ2n) is 4.68. The van der Waals surface area contributed by atoms with Gasteiger partial charge in [0, 0.05) is 5.69 Å². The third-order valence-electron chi connectivity index (χ3n) is 3.35. The van der Waals surface area contributed by atoms with E-state index >= 15 is 0 Å². The second kappa shape index (κ2) is 9.07. The first-order valence-electron chi connectivity index (χ1n) is 6.58. The van der Waals surface area contributed by atoms with Crippen LogP contribution < -0.4 is 10.6 Å². The van der Waals surface area contributed by atoms with Crippen LogP contribution in [0, 0.1) is 5.82 Å². The van der Waals surface area contributed by atoms with E-state index in [1.165, 1.54) is 12.1 Å². The highest BCUT2D eigenvalue weighted by Gasteiger charge is 2.40.